The van der Waals surface area contributed by atoms with Crippen LogP contribution in [0.15, 0.2) is 24.3 Å². The van der Waals surface area contributed by atoms with E-state index in [-0.39, 0.29) is 18.6 Å². The van der Waals surface area contributed by atoms with Crippen molar-refractivity contribution in [3.05, 3.63) is 29.3 Å². The third-order valence-corrected chi connectivity index (χ3v) is 4.20. The van der Waals surface area contributed by atoms with Gasteiger partial charge in [0.1, 0.15) is 0 Å². The lowest BCUT2D eigenvalue weighted by atomic mass is 9.97. The number of nitrogens with one attached hydrogen (secondary N) is 1. The Kier molecular flexibility index (Phi) is 5.40. The minimum absolute atomic E-state index is 0.00484. The van der Waals surface area contributed by atoms with Crippen molar-refractivity contribution in [2.45, 2.75) is 25.8 Å². The molecule has 0 radical (unpaired) electrons. The second-order valence-electron chi connectivity index (χ2n) is 5.33. The molecule has 0 aliphatic carbocycles. The van der Waals surface area contributed by atoms with E-state index in [4.69, 9.17) is 16.7 Å². The number of carbonyl (C=O) groups excluding carboxylic acids is 1. The van der Waals surface area contributed by atoms with Crippen LogP contribution < -0.4 is 5.32 Å². The molecule has 1 aromatic rings. The number of piperidine rings is 1. The van der Waals surface area contributed by atoms with Gasteiger partial charge >= 0.3 is 0 Å². The normalized spacial score (nSPS) is 18.8. The highest BCUT2D eigenvalue weighted by atomic mass is 35.5. The summed E-state index contributed by atoms with van der Waals surface area (Å²) in [6.07, 6.45) is 1.91. The van der Waals surface area contributed by atoms with Crippen LogP contribution in [0.4, 0.5) is 5.69 Å². The van der Waals surface area contributed by atoms with E-state index in [1.54, 1.807) is 24.3 Å². The van der Waals surface area contributed by atoms with Gasteiger partial charge in [-0.15, -0.1) is 0 Å². The SMILES string of the molecule is CC(C(=O)Nc1ccc(Cl)cc1)N1CCC(CO)CC1. The fourth-order valence-corrected chi connectivity index (χ4v) is 2.59. The maximum Gasteiger partial charge on any atom is 0.241 e. The molecule has 110 valence electrons. The van der Waals surface area contributed by atoms with Gasteiger partial charge in [-0.05, 0) is 63.0 Å². The molecule has 4 nitrogen and oxygen atoms in total. The summed E-state index contributed by atoms with van der Waals surface area (Å²) in [6.45, 7) is 3.89. The molecule has 1 heterocycles. The quantitative estimate of drug-likeness (QED) is 0.897. The Morgan fingerprint density at radius 2 is 2.00 bits per heavy atom. The van der Waals surface area contributed by atoms with Gasteiger partial charge in [0.25, 0.3) is 0 Å². The number of anilines is 1. The van der Waals surface area contributed by atoms with E-state index in [0.29, 0.717) is 10.9 Å². The highest BCUT2D eigenvalue weighted by Crippen LogP contribution is 2.19. The van der Waals surface area contributed by atoms with Gasteiger partial charge in [-0.25, -0.2) is 0 Å². The summed E-state index contributed by atoms with van der Waals surface area (Å²) in [5.41, 5.74) is 0.761. The van der Waals surface area contributed by atoms with Crippen molar-refractivity contribution in [1.29, 1.82) is 0 Å². The van der Waals surface area contributed by atoms with Crippen LogP contribution in [0.25, 0.3) is 0 Å². The summed E-state index contributed by atoms with van der Waals surface area (Å²) >= 11 is 5.82. The number of hydrogen-bond donors (Lipinski definition) is 2. The van der Waals surface area contributed by atoms with Gasteiger partial charge < -0.3 is 10.4 Å². The second kappa shape index (κ2) is 7.07. The van der Waals surface area contributed by atoms with Gasteiger partial charge in [-0.1, -0.05) is 11.6 Å². The fraction of sp³-hybridized carbons (Fsp3) is 0.533. The molecule has 1 fully saturated rings. The lowest BCUT2D eigenvalue weighted by Gasteiger charge is -2.34. The number of amides is 1. The molecule has 0 saturated carbocycles. The number of halogens is 1. The van der Waals surface area contributed by atoms with Crippen molar-refractivity contribution in [3.63, 3.8) is 0 Å². The van der Waals surface area contributed by atoms with Crippen LogP contribution in [0.1, 0.15) is 19.8 Å². The van der Waals surface area contributed by atoms with Crippen molar-refractivity contribution < 1.29 is 9.90 Å². The van der Waals surface area contributed by atoms with E-state index in [2.05, 4.69) is 10.2 Å². The molecule has 20 heavy (non-hydrogen) atoms. The van der Waals surface area contributed by atoms with Crippen LogP contribution in [0.5, 0.6) is 0 Å². The first-order valence-electron chi connectivity index (χ1n) is 7.01. The van der Waals surface area contributed by atoms with Gasteiger partial charge in [-0.3, -0.25) is 9.69 Å². The molecule has 0 spiro atoms. The zero-order chi connectivity index (χ0) is 14.5. The van der Waals surface area contributed by atoms with Crippen molar-refractivity contribution in [3.8, 4) is 0 Å². The molecule has 1 aliphatic rings. The highest BCUT2D eigenvalue weighted by molar-refractivity contribution is 6.30. The van der Waals surface area contributed by atoms with Gasteiger partial charge in [-0.2, -0.15) is 0 Å². The minimum atomic E-state index is -0.162. The van der Waals surface area contributed by atoms with Gasteiger partial charge in [0.05, 0.1) is 6.04 Å². The predicted molar refractivity (Wildman–Crippen MR) is 80.9 cm³/mol. The Balaban J connectivity index is 1.87. The van der Waals surface area contributed by atoms with Crippen LogP contribution in [-0.2, 0) is 4.79 Å². The van der Waals surface area contributed by atoms with E-state index in [1.165, 1.54) is 0 Å². The third-order valence-electron chi connectivity index (χ3n) is 3.95. The highest BCUT2D eigenvalue weighted by Gasteiger charge is 2.26. The molecule has 5 heteroatoms. The number of aliphatic hydroxyl groups is 1. The first-order chi connectivity index (χ1) is 9.60. The van der Waals surface area contributed by atoms with E-state index >= 15 is 0 Å². The summed E-state index contributed by atoms with van der Waals surface area (Å²) < 4.78 is 0. The van der Waals surface area contributed by atoms with E-state index < -0.39 is 0 Å². The molecule has 1 aromatic carbocycles. The number of likely N-dealkylation sites (tertiary alicyclic amines) is 1. The van der Waals surface area contributed by atoms with E-state index in [0.717, 1.165) is 31.6 Å². The number of aliphatic hydroxyl groups excluding tert-OH is 1. The summed E-state index contributed by atoms with van der Waals surface area (Å²) in [6, 6.07) is 6.95. The zero-order valence-corrected chi connectivity index (χ0v) is 12.4. The Morgan fingerprint density at radius 3 is 2.55 bits per heavy atom. The summed E-state index contributed by atoms with van der Waals surface area (Å²) in [4.78, 5) is 14.4. The van der Waals surface area contributed by atoms with Gasteiger partial charge in [0, 0.05) is 17.3 Å². The van der Waals surface area contributed by atoms with E-state index in [9.17, 15) is 4.79 Å². The Hall–Kier alpha value is -1.10. The topological polar surface area (TPSA) is 52.6 Å². The molecule has 0 aromatic heterocycles. The minimum Gasteiger partial charge on any atom is -0.396 e. The van der Waals surface area contributed by atoms with Crippen molar-refractivity contribution >= 4 is 23.2 Å². The molecular weight excluding hydrogens is 276 g/mol. The summed E-state index contributed by atoms with van der Waals surface area (Å²) in [7, 11) is 0. The Labute approximate surface area is 124 Å². The molecule has 2 rings (SSSR count). The largest absolute Gasteiger partial charge is 0.396 e. The molecule has 1 unspecified atom stereocenters. The maximum absolute atomic E-state index is 12.2. The average molecular weight is 297 g/mol. The number of hydrogen-bond acceptors (Lipinski definition) is 3. The first kappa shape index (κ1) is 15.3. The van der Waals surface area contributed by atoms with Crippen LogP contribution in [0.3, 0.4) is 0 Å². The lowest BCUT2D eigenvalue weighted by molar-refractivity contribution is -0.121. The number of carbonyl (C=O) groups is 1. The molecule has 0 bridgehead atoms. The van der Waals surface area contributed by atoms with Crippen LogP contribution in [-0.4, -0.2) is 41.7 Å². The zero-order valence-electron chi connectivity index (χ0n) is 11.7. The molecule has 1 aliphatic heterocycles. The third kappa shape index (κ3) is 3.95. The van der Waals surface area contributed by atoms with Crippen LogP contribution in [0, 0.1) is 5.92 Å². The Bertz CT molecular complexity index is 442. The molecule has 1 amide bonds. The molecule has 1 saturated heterocycles. The number of nitrogens with zero attached hydrogens (tertiary/aromatic N) is 1. The van der Waals surface area contributed by atoms with Gasteiger partial charge in [0.2, 0.25) is 5.91 Å². The number of benzene rings is 1. The fourth-order valence-electron chi connectivity index (χ4n) is 2.47. The lowest BCUT2D eigenvalue weighted by Crippen LogP contribution is -2.46. The predicted octanol–water partition coefficient (Wildman–Crippen LogP) is 2.37. The number of rotatable bonds is 4. The second-order valence-corrected chi connectivity index (χ2v) is 5.77. The monoisotopic (exact) mass is 296 g/mol. The molecule has 1 atom stereocenters. The molecule has 2 N–H and O–H groups in total. The standard InChI is InChI=1S/C15H21ClN2O2/c1-11(18-8-6-12(10-19)7-9-18)15(20)17-14-4-2-13(16)3-5-14/h2-5,11-12,19H,6-10H2,1H3,(H,17,20). The Morgan fingerprint density at radius 1 is 1.40 bits per heavy atom. The van der Waals surface area contributed by atoms with Crippen LogP contribution >= 0.6 is 11.6 Å². The smallest absolute Gasteiger partial charge is 0.241 e. The molecular formula is C15H21ClN2O2. The average Bonchev–Trinajstić information content (AvgIpc) is 2.49. The van der Waals surface area contributed by atoms with E-state index in [1.807, 2.05) is 6.92 Å². The van der Waals surface area contributed by atoms with Crippen molar-refractivity contribution in [2.75, 3.05) is 25.0 Å². The first-order valence-corrected chi connectivity index (χ1v) is 7.39. The summed E-state index contributed by atoms with van der Waals surface area (Å²) in [5, 5.41) is 12.7. The van der Waals surface area contributed by atoms with Crippen molar-refractivity contribution in [1.82, 2.24) is 4.90 Å². The van der Waals surface area contributed by atoms with Crippen molar-refractivity contribution in [2.24, 2.45) is 5.92 Å². The van der Waals surface area contributed by atoms with Gasteiger partial charge in [0.15, 0.2) is 0 Å². The summed E-state index contributed by atoms with van der Waals surface area (Å²) in [5.74, 6) is 0.382. The maximum atomic E-state index is 12.2. The van der Waals surface area contributed by atoms with Crippen LogP contribution in [0.2, 0.25) is 5.02 Å².